The average molecular weight is 316 g/mol. The van der Waals surface area contributed by atoms with Gasteiger partial charge in [-0.2, -0.15) is 10.2 Å². The van der Waals surface area contributed by atoms with E-state index in [-0.39, 0.29) is 18.8 Å². The fraction of sp³-hybridized carbons (Fsp3) is 0.471. The van der Waals surface area contributed by atoms with Crippen LogP contribution in [0.25, 0.3) is 0 Å². The van der Waals surface area contributed by atoms with Gasteiger partial charge in [0, 0.05) is 6.42 Å². The molecule has 1 aliphatic carbocycles. The number of carbonyl (C=O) groups is 3. The quantitative estimate of drug-likeness (QED) is 0.485. The number of esters is 1. The Kier molecular flexibility index (Phi) is 5.03. The summed E-state index contributed by atoms with van der Waals surface area (Å²) in [6.07, 6.45) is 0.0840. The van der Waals surface area contributed by atoms with E-state index in [0.717, 1.165) is 0 Å². The molecular weight excluding hydrogens is 296 g/mol. The van der Waals surface area contributed by atoms with Crippen molar-refractivity contribution in [1.29, 1.82) is 0 Å². The van der Waals surface area contributed by atoms with Crippen LogP contribution in [-0.4, -0.2) is 30.2 Å². The van der Waals surface area contributed by atoms with Crippen molar-refractivity contribution in [2.24, 2.45) is 21.6 Å². The van der Waals surface area contributed by atoms with Crippen LogP contribution in [0.1, 0.15) is 27.2 Å². The zero-order valence-electron chi connectivity index (χ0n) is 13.5. The summed E-state index contributed by atoms with van der Waals surface area (Å²) in [7, 11) is 0. The first-order chi connectivity index (χ1) is 10.9. The minimum Gasteiger partial charge on any atom is -0.465 e. The molecule has 0 N–H and O–H groups in total. The van der Waals surface area contributed by atoms with E-state index in [2.05, 4.69) is 10.2 Å². The monoisotopic (exact) mass is 316 g/mol. The maximum atomic E-state index is 12.6. The van der Waals surface area contributed by atoms with Crippen LogP contribution in [-0.2, 0) is 19.1 Å². The molecule has 2 atom stereocenters. The highest BCUT2D eigenvalue weighted by Crippen LogP contribution is 2.39. The standard InChI is InChI=1S/C17H20N2O4/c1-4-23-16(22)13-15(21)14(12(20)10-17(13,2)3)19-18-11-8-6-5-7-9-11/h5-9,13-14H,4,10H2,1-3H3. The maximum Gasteiger partial charge on any atom is 0.317 e. The molecule has 0 aromatic heterocycles. The Morgan fingerprint density at radius 1 is 1.26 bits per heavy atom. The molecule has 0 saturated heterocycles. The molecule has 0 radical (unpaired) electrons. The molecule has 1 aromatic rings. The van der Waals surface area contributed by atoms with E-state index in [0.29, 0.717) is 5.69 Å². The average Bonchev–Trinajstić information content (AvgIpc) is 2.47. The minimum atomic E-state index is -1.24. The Bertz CT molecular complexity index is 637. The van der Waals surface area contributed by atoms with E-state index in [1.165, 1.54) is 0 Å². The van der Waals surface area contributed by atoms with Crippen LogP contribution < -0.4 is 0 Å². The minimum absolute atomic E-state index is 0.0840. The predicted octanol–water partition coefficient (Wildman–Crippen LogP) is 2.89. The fourth-order valence-corrected chi connectivity index (χ4v) is 2.75. The maximum absolute atomic E-state index is 12.6. The summed E-state index contributed by atoms with van der Waals surface area (Å²) in [5, 5.41) is 7.84. The summed E-state index contributed by atoms with van der Waals surface area (Å²) in [5.41, 5.74) is -0.232. The lowest BCUT2D eigenvalue weighted by atomic mass is 9.66. The second kappa shape index (κ2) is 6.81. The highest BCUT2D eigenvalue weighted by Gasteiger charge is 2.52. The molecule has 0 amide bonds. The van der Waals surface area contributed by atoms with Gasteiger partial charge < -0.3 is 4.74 Å². The van der Waals surface area contributed by atoms with Crippen molar-refractivity contribution in [3.05, 3.63) is 30.3 Å². The normalized spacial score (nSPS) is 24.0. The SMILES string of the molecule is CCOC(=O)C1C(=O)C(N=Nc2ccccc2)C(=O)CC1(C)C. The van der Waals surface area contributed by atoms with E-state index >= 15 is 0 Å². The van der Waals surface area contributed by atoms with Crippen LogP contribution in [0.3, 0.4) is 0 Å². The molecule has 23 heavy (non-hydrogen) atoms. The molecule has 0 heterocycles. The molecule has 2 unspecified atom stereocenters. The Morgan fingerprint density at radius 3 is 2.52 bits per heavy atom. The van der Waals surface area contributed by atoms with Crippen molar-refractivity contribution in [2.75, 3.05) is 6.61 Å². The summed E-state index contributed by atoms with van der Waals surface area (Å²) >= 11 is 0. The first-order valence-electron chi connectivity index (χ1n) is 7.56. The lowest BCUT2D eigenvalue weighted by Gasteiger charge is -2.36. The van der Waals surface area contributed by atoms with Gasteiger partial charge in [0.2, 0.25) is 0 Å². The van der Waals surface area contributed by atoms with Gasteiger partial charge in [0.25, 0.3) is 0 Å². The molecule has 0 aliphatic heterocycles. The summed E-state index contributed by atoms with van der Waals surface area (Å²) in [6, 6.07) is 7.59. The summed E-state index contributed by atoms with van der Waals surface area (Å²) in [4.78, 5) is 37.0. The third kappa shape index (κ3) is 3.70. The molecule has 6 heteroatoms. The van der Waals surface area contributed by atoms with Gasteiger partial charge in [-0.25, -0.2) is 0 Å². The van der Waals surface area contributed by atoms with Gasteiger partial charge in [-0.3, -0.25) is 14.4 Å². The smallest absolute Gasteiger partial charge is 0.317 e. The van der Waals surface area contributed by atoms with Gasteiger partial charge in [-0.1, -0.05) is 32.0 Å². The highest BCUT2D eigenvalue weighted by atomic mass is 16.5. The van der Waals surface area contributed by atoms with Crippen molar-refractivity contribution in [3.8, 4) is 0 Å². The molecule has 0 bridgehead atoms. The molecule has 122 valence electrons. The Hall–Kier alpha value is -2.37. The van der Waals surface area contributed by atoms with Crippen molar-refractivity contribution < 1.29 is 19.1 Å². The Balaban J connectivity index is 2.27. The topological polar surface area (TPSA) is 85.2 Å². The molecule has 0 spiro atoms. The second-order valence-corrected chi connectivity index (χ2v) is 6.17. The van der Waals surface area contributed by atoms with E-state index in [1.54, 1.807) is 45.0 Å². The van der Waals surface area contributed by atoms with Crippen LogP contribution in [0.5, 0.6) is 0 Å². The van der Waals surface area contributed by atoms with Crippen LogP contribution in [0.4, 0.5) is 5.69 Å². The number of nitrogens with zero attached hydrogens (tertiary/aromatic N) is 2. The predicted molar refractivity (Wildman–Crippen MR) is 83.3 cm³/mol. The van der Waals surface area contributed by atoms with Crippen LogP contribution in [0, 0.1) is 11.3 Å². The number of ether oxygens (including phenoxy) is 1. The van der Waals surface area contributed by atoms with Crippen molar-refractivity contribution in [1.82, 2.24) is 0 Å². The molecule has 1 fully saturated rings. The van der Waals surface area contributed by atoms with E-state index in [4.69, 9.17) is 4.74 Å². The van der Waals surface area contributed by atoms with Gasteiger partial charge >= 0.3 is 5.97 Å². The summed E-state index contributed by atoms with van der Waals surface area (Å²) in [5.74, 6) is -2.46. The van der Waals surface area contributed by atoms with E-state index in [9.17, 15) is 14.4 Å². The van der Waals surface area contributed by atoms with Gasteiger partial charge in [-0.05, 0) is 24.5 Å². The number of ketones is 2. The third-order valence-corrected chi connectivity index (χ3v) is 3.84. The number of carbonyl (C=O) groups excluding carboxylic acids is 3. The van der Waals surface area contributed by atoms with Gasteiger partial charge in [0.05, 0.1) is 12.3 Å². The molecular formula is C17H20N2O4. The van der Waals surface area contributed by atoms with Gasteiger partial charge in [-0.15, -0.1) is 0 Å². The van der Waals surface area contributed by atoms with Crippen LogP contribution in [0.2, 0.25) is 0 Å². The molecule has 2 rings (SSSR count). The lowest BCUT2D eigenvalue weighted by Crippen LogP contribution is -2.51. The van der Waals surface area contributed by atoms with E-state index in [1.807, 2.05) is 6.07 Å². The highest BCUT2D eigenvalue weighted by molar-refractivity contribution is 6.16. The zero-order chi connectivity index (χ0) is 17.0. The molecule has 1 aromatic carbocycles. The molecule has 1 saturated carbocycles. The Labute approximate surface area is 134 Å². The molecule has 6 nitrogen and oxygen atoms in total. The lowest BCUT2D eigenvalue weighted by molar-refractivity contribution is -0.160. The van der Waals surface area contributed by atoms with Crippen molar-refractivity contribution in [2.45, 2.75) is 33.2 Å². The van der Waals surface area contributed by atoms with Crippen molar-refractivity contribution >= 4 is 23.2 Å². The van der Waals surface area contributed by atoms with Crippen LogP contribution >= 0.6 is 0 Å². The summed E-state index contributed by atoms with van der Waals surface area (Å²) in [6.45, 7) is 5.29. The Morgan fingerprint density at radius 2 is 1.91 bits per heavy atom. The third-order valence-electron chi connectivity index (χ3n) is 3.84. The number of hydrogen-bond donors (Lipinski definition) is 0. The zero-order valence-corrected chi connectivity index (χ0v) is 13.5. The number of rotatable bonds is 4. The van der Waals surface area contributed by atoms with Crippen LogP contribution in [0.15, 0.2) is 40.6 Å². The summed E-state index contributed by atoms with van der Waals surface area (Å²) < 4.78 is 4.99. The van der Waals surface area contributed by atoms with E-state index < -0.39 is 29.1 Å². The number of azo groups is 1. The van der Waals surface area contributed by atoms with Gasteiger partial charge in [0.15, 0.2) is 17.6 Å². The fourth-order valence-electron chi connectivity index (χ4n) is 2.75. The number of hydrogen-bond acceptors (Lipinski definition) is 6. The first kappa shape index (κ1) is 17.0. The second-order valence-electron chi connectivity index (χ2n) is 6.17. The molecule has 1 aliphatic rings. The first-order valence-corrected chi connectivity index (χ1v) is 7.56. The number of benzene rings is 1. The number of Topliss-reactive ketones (excluding diaryl/α,β-unsaturated/α-hetero) is 2. The largest absolute Gasteiger partial charge is 0.465 e. The van der Waals surface area contributed by atoms with Gasteiger partial charge in [0.1, 0.15) is 5.92 Å². The van der Waals surface area contributed by atoms with Crippen molar-refractivity contribution in [3.63, 3.8) is 0 Å².